The predicted octanol–water partition coefficient (Wildman–Crippen LogP) is 1.30. The van der Waals surface area contributed by atoms with Crippen LogP contribution in [0, 0.1) is 11.3 Å². The summed E-state index contributed by atoms with van der Waals surface area (Å²) < 4.78 is 10.3. The van der Waals surface area contributed by atoms with Gasteiger partial charge in [-0.1, -0.05) is 35.5 Å². The average Bonchev–Trinajstić information content (AvgIpc) is 2.89. The van der Waals surface area contributed by atoms with Crippen LogP contribution in [0.5, 0.6) is 0 Å². The van der Waals surface area contributed by atoms with Crippen molar-refractivity contribution in [2.45, 2.75) is 6.29 Å². The summed E-state index contributed by atoms with van der Waals surface area (Å²) in [5, 5.41) is 12.7. The molecule has 1 saturated heterocycles. The molecule has 1 aromatic carbocycles. The molecule has 1 fully saturated rings. The fourth-order valence-corrected chi connectivity index (χ4v) is 1.40. The highest BCUT2D eigenvalue weighted by Crippen LogP contribution is 2.05. The van der Waals surface area contributed by atoms with Crippen molar-refractivity contribution in [3.05, 3.63) is 35.9 Å². The third-order valence-corrected chi connectivity index (χ3v) is 2.21. The Bertz CT molecular complexity index is 419. The number of ether oxygens (including phenoxy) is 2. The monoisotopic (exact) mass is 232 g/mol. The molecule has 0 aliphatic carbocycles. The van der Waals surface area contributed by atoms with Crippen molar-refractivity contribution in [1.82, 2.24) is 0 Å². The minimum atomic E-state index is -0.380. The quantitative estimate of drug-likeness (QED) is 0.580. The molecule has 0 unspecified atom stereocenters. The van der Waals surface area contributed by atoms with Gasteiger partial charge in [-0.2, -0.15) is 5.26 Å². The van der Waals surface area contributed by atoms with Crippen molar-refractivity contribution >= 4 is 5.71 Å². The summed E-state index contributed by atoms with van der Waals surface area (Å²) in [5.74, 6) is 0. The van der Waals surface area contributed by atoms with Crippen LogP contribution < -0.4 is 0 Å². The summed E-state index contributed by atoms with van der Waals surface area (Å²) in [6.45, 7) is 1.33. The number of rotatable bonds is 4. The summed E-state index contributed by atoms with van der Waals surface area (Å²) >= 11 is 0. The lowest BCUT2D eigenvalue weighted by Gasteiger charge is -2.06. The maximum Gasteiger partial charge on any atom is 0.194 e. The minimum Gasteiger partial charge on any atom is -0.389 e. The van der Waals surface area contributed by atoms with Crippen molar-refractivity contribution < 1.29 is 14.3 Å². The Kier molecular flexibility index (Phi) is 4.08. The Morgan fingerprint density at radius 1 is 1.35 bits per heavy atom. The van der Waals surface area contributed by atoms with Gasteiger partial charge in [-0.15, -0.1) is 0 Å². The maximum absolute atomic E-state index is 8.95. The summed E-state index contributed by atoms with van der Waals surface area (Å²) in [7, 11) is 0. The maximum atomic E-state index is 8.95. The zero-order valence-corrected chi connectivity index (χ0v) is 9.20. The third-order valence-electron chi connectivity index (χ3n) is 2.21. The Labute approximate surface area is 99.2 Å². The van der Waals surface area contributed by atoms with Crippen LogP contribution in [0.3, 0.4) is 0 Å². The number of hydrogen-bond acceptors (Lipinski definition) is 5. The van der Waals surface area contributed by atoms with E-state index in [1.54, 1.807) is 12.1 Å². The van der Waals surface area contributed by atoms with Crippen LogP contribution >= 0.6 is 0 Å². The molecule has 0 bridgehead atoms. The topological polar surface area (TPSA) is 63.8 Å². The van der Waals surface area contributed by atoms with E-state index in [9.17, 15) is 0 Å². The van der Waals surface area contributed by atoms with Crippen molar-refractivity contribution in [2.24, 2.45) is 5.16 Å². The number of benzene rings is 1. The second-order valence-corrected chi connectivity index (χ2v) is 3.38. The second-order valence-electron chi connectivity index (χ2n) is 3.38. The van der Waals surface area contributed by atoms with Crippen LogP contribution in [0.4, 0.5) is 0 Å². The van der Waals surface area contributed by atoms with E-state index in [-0.39, 0.29) is 18.6 Å². The highest BCUT2D eigenvalue weighted by atomic mass is 16.7. The summed E-state index contributed by atoms with van der Waals surface area (Å²) in [6.07, 6.45) is -0.380. The lowest BCUT2D eigenvalue weighted by molar-refractivity contribution is -0.0933. The van der Waals surface area contributed by atoms with Crippen molar-refractivity contribution in [3.63, 3.8) is 0 Å². The molecule has 1 aromatic rings. The first-order chi connectivity index (χ1) is 8.40. The first kappa shape index (κ1) is 11.6. The summed E-state index contributed by atoms with van der Waals surface area (Å²) in [6, 6.07) is 11.1. The first-order valence-corrected chi connectivity index (χ1v) is 5.29. The standard InChI is InChI=1S/C12H12N2O3/c13-8-11(10-4-2-1-3-5-10)14-17-9-12-15-6-7-16-12/h1-5,12H,6-7,9H2/b14-11-. The van der Waals surface area contributed by atoms with E-state index < -0.39 is 0 Å². The molecule has 0 atom stereocenters. The zero-order valence-electron chi connectivity index (χ0n) is 9.20. The fraction of sp³-hybridized carbons (Fsp3) is 0.333. The van der Waals surface area contributed by atoms with Crippen LogP contribution in [0.1, 0.15) is 5.56 Å². The van der Waals surface area contributed by atoms with E-state index in [1.165, 1.54) is 0 Å². The lowest BCUT2D eigenvalue weighted by Crippen LogP contribution is -2.15. The van der Waals surface area contributed by atoms with Crippen molar-refractivity contribution in [3.8, 4) is 6.07 Å². The van der Waals surface area contributed by atoms with Crippen LogP contribution in [0.15, 0.2) is 35.5 Å². The van der Waals surface area contributed by atoms with Gasteiger partial charge < -0.3 is 14.3 Å². The van der Waals surface area contributed by atoms with E-state index in [1.807, 2.05) is 24.3 Å². The molecule has 1 heterocycles. The van der Waals surface area contributed by atoms with Gasteiger partial charge in [0.2, 0.25) is 0 Å². The third kappa shape index (κ3) is 3.28. The molecule has 88 valence electrons. The van der Waals surface area contributed by atoms with E-state index >= 15 is 0 Å². The second kappa shape index (κ2) is 5.99. The molecule has 0 spiro atoms. The molecule has 17 heavy (non-hydrogen) atoms. The smallest absolute Gasteiger partial charge is 0.194 e. The molecule has 2 rings (SSSR count). The van der Waals surface area contributed by atoms with E-state index in [4.69, 9.17) is 19.6 Å². The van der Waals surface area contributed by atoms with Crippen LogP contribution in [-0.4, -0.2) is 31.8 Å². The molecular formula is C12H12N2O3. The lowest BCUT2D eigenvalue weighted by atomic mass is 10.1. The zero-order chi connectivity index (χ0) is 11.9. The molecule has 5 heteroatoms. The number of nitriles is 1. The number of oxime groups is 1. The number of hydrogen-bond donors (Lipinski definition) is 0. The molecule has 0 radical (unpaired) electrons. The molecule has 0 aromatic heterocycles. The van der Waals surface area contributed by atoms with Gasteiger partial charge in [0.1, 0.15) is 6.07 Å². The Morgan fingerprint density at radius 2 is 2.06 bits per heavy atom. The van der Waals surface area contributed by atoms with Gasteiger partial charge in [-0.3, -0.25) is 0 Å². The number of nitrogens with zero attached hydrogens (tertiary/aromatic N) is 2. The Morgan fingerprint density at radius 3 is 2.71 bits per heavy atom. The molecule has 0 amide bonds. The van der Waals surface area contributed by atoms with Gasteiger partial charge in [0.25, 0.3) is 0 Å². The highest BCUT2D eigenvalue weighted by Gasteiger charge is 2.16. The van der Waals surface area contributed by atoms with Crippen LogP contribution in [0.25, 0.3) is 0 Å². The van der Waals surface area contributed by atoms with E-state index in [0.29, 0.717) is 13.2 Å². The minimum absolute atomic E-state index is 0.192. The molecule has 0 N–H and O–H groups in total. The predicted molar refractivity (Wildman–Crippen MR) is 60.2 cm³/mol. The molecule has 1 aliphatic rings. The van der Waals surface area contributed by atoms with E-state index in [2.05, 4.69) is 5.16 Å². The molecule has 1 aliphatic heterocycles. The normalized spacial score (nSPS) is 16.8. The van der Waals surface area contributed by atoms with Gasteiger partial charge in [-0.25, -0.2) is 0 Å². The van der Waals surface area contributed by atoms with Crippen molar-refractivity contribution in [2.75, 3.05) is 19.8 Å². The summed E-state index contributed by atoms with van der Waals surface area (Å²) in [5.41, 5.74) is 0.965. The molecule has 5 nitrogen and oxygen atoms in total. The summed E-state index contributed by atoms with van der Waals surface area (Å²) in [4.78, 5) is 5.04. The van der Waals surface area contributed by atoms with Gasteiger partial charge in [0.05, 0.1) is 13.2 Å². The fourth-order valence-electron chi connectivity index (χ4n) is 1.40. The van der Waals surface area contributed by atoms with Gasteiger partial charge in [-0.05, 0) is 0 Å². The first-order valence-electron chi connectivity index (χ1n) is 5.29. The molecule has 0 saturated carbocycles. The highest BCUT2D eigenvalue weighted by molar-refractivity contribution is 6.11. The van der Waals surface area contributed by atoms with Crippen molar-refractivity contribution in [1.29, 1.82) is 5.26 Å². The molecular weight excluding hydrogens is 220 g/mol. The Hall–Kier alpha value is -1.90. The van der Waals surface area contributed by atoms with Gasteiger partial charge in [0, 0.05) is 5.56 Å². The van der Waals surface area contributed by atoms with Gasteiger partial charge in [0.15, 0.2) is 18.6 Å². The largest absolute Gasteiger partial charge is 0.389 e. The van der Waals surface area contributed by atoms with Crippen LogP contribution in [0.2, 0.25) is 0 Å². The average molecular weight is 232 g/mol. The van der Waals surface area contributed by atoms with Gasteiger partial charge >= 0.3 is 0 Å². The Balaban J connectivity index is 1.92. The van der Waals surface area contributed by atoms with Crippen LogP contribution in [-0.2, 0) is 14.3 Å². The SMILES string of the molecule is N#C/C(=N/OCC1OCCO1)c1ccccc1. The van der Waals surface area contributed by atoms with E-state index in [0.717, 1.165) is 5.56 Å².